The SMILES string of the molecule is CN(C(=O)c1cc[nH]c(=O)c1)C1CN(c2cc3c(nn2)CCC3)C1. The first-order valence-corrected chi connectivity index (χ1v) is 8.18. The number of carbonyl (C=O) groups excluding carboxylic acids is 1. The van der Waals surface area contributed by atoms with E-state index in [1.807, 2.05) is 0 Å². The summed E-state index contributed by atoms with van der Waals surface area (Å²) in [4.78, 5) is 30.2. The lowest BCUT2D eigenvalue weighted by molar-refractivity contribution is 0.0704. The minimum absolute atomic E-state index is 0.117. The summed E-state index contributed by atoms with van der Waals surface area (Å²) in [5.74, 6) is 0.759. The van der Waals surface area contributed by atoms with Crippen LogP contribution < -0.4 is 10.5 Å². The number of fused-ring (bicyclic) bond motifs is 1. The van der Waals surface area contributed by atoms with Crippen molar-refractivity contribution in [3.8, 4) is 0 Å². The van der Waals surface area contributed by atoms with E-state index in [2.05, 4.69) is 26.1 Å². The number of anilines is 1. The number of hydrogen-bond acceptors (Lipinski definition) is 5. The Balaban J connectivity index is 1.41. The number of hydrogen-bond donors (Lipinski definition) is 1. The fourth-order valence-corrected chi connectivity index (χ4v) is 3.31. The number of amides is 1. The Labute approximate surface area is 139 Å². The second-order valence-electron chi connectivity index (χ2n) is 6.44. The third kappa shape index (κ3) is 2.55. The van der Waals surface area contributed by atoms with Gasteiger partial charge < -0.3 is 14.8 Å². The van der Waals surface area contributed by atoms with Gasteiger partial charge in [0.1, 0.15) is 0 Å². The molecule has 1 fully saturated rings. The standard InChI is InChI=1S/C17H19N5O2/c1-21(17(24)12-5-6-18-16(23)8-12)13-9-22(10-13)15-7-11-3-2-4-14(11)19-20-15/h5-8,13H,2-4,9-10H2,1H3,(H,18,23). The Bertz CT molecular complexity index is 841. The number of rotatable bonds is 3. The zero-order valence-corrected chi connectivity index (χ0v) is 13.5. The molecule has 2 aromatic heterocycles. The zero-order chi connectivity index (χ0) is 16.7. The van der Waals surface area contributed by atoms with Crippen molar-refractivity contribution in [3.63, 3.8) is 0 Å². The molecular formula is C17H19N5O2. The number of pyridine rings is 1. The van der Waals surface area contributed by atoms with Crippen molar-refractivity contribution >= 4 is 11.7 Å². The molecule has 2 aromatic rings. The zero-order valence-electron chi connectivity index (χ0n) is 13.5. The molecule has 0 aromatic carbocycles. The lowest BCUT2D eigenvalue weighted by atomic mass is 10.1. The van der Waals surface area contributed by atoms with Gasteiger partial charge in [-0.25, -0.2) is 0 Å². The third-order valence-electron chi connectivity index (χ3n) is 4.88. The van der Waals surface area contributed by atoms with E-state index < -0.39 is 0 Å². The molecule has 3 heterocycles. The van der Waals surface area contributed by atoms with Gasteiger partial charge in [-0.15, -0.1) is 5.10 Å². The number of nitrogens with one attached hydrogen (secondary N) is 1. The molecule has 0 unspecified atom stereocenters. The number of likely N-dealkylation sites (N-methyl/N-ethyl adjacent to an activating group) is 1. The minimum atomic E-state index is -0.266. The molecule has 1 saturated heterocycles. The van der Waals surface area contributed by atoms with Crippen molar-refractivity contribution in [1.29, 1.82) is 0 Å². The van der Waals surface area contributed by atoms with Crippen LogP contribution in [0.15, 0.2) is 29.2 Å². The Morgan fingerprint density at radius 1 is 1.29 bits per heavy atom. The van der Waals surface area contributed by atoms with E-state index >= 15 is 0 Å². The summed E-state index contributed by atoms with van der Waals surface area (Å²) >= 11 is 0. The van der Waals surface area contributed by atoms with E-state index in [0.29, 0.717) is 5.56 Å². The van der Waals surface area contributed by atoms with Crippen LogP contribution >= 0.6 is 0 Å². The van der Waals surface area contributed by atoms with E-state index in [1.54, 1.807) is 18.0 Å². The molecule has 4 rings (SSSR count). The summed E-state index contributed by atoms with van der Waals surface area (Å²) in [5.41, 5.74) is 2.57. The van der Waals surface area contributed by atoms with Gasteiger partial charge in [-0.05, 0) is 37.0 Å². The van der Waals surface area contributed by atoms with Gasteiger partial charge in [-0.3, -0.25) is 9.59 Å². The molecule has 0 bridgehead atoms. The maximum atomic E-state index is 12.5. The summed E-state index contributed by atoms with van der Waals surface area (Å²) in [7, 11) is 1.78. The molecule has 1 aliphatic carbocycles. The predicted molar refractivity (Wildman–Crippen MR) is 89.2 cm³/mol. The van der Waals surface area contributed by atoms with Gasteiger partial charge in [0.25, 0.3) is 5.91 Å². The van der Waals surface area contributed by atoms with Gasteiger partial charge in [0.15, 0.2) is 5.82 Å². The highest BCUT2D eigenvalue weighted by Crippen LogP contribution is 2.26. The number of nitrogens with zero attached hydrogens (tertiary/aromatic N) is 4. The Morgan fingerprint density at radius 2 is 2.12 bits per heavy atom. The van der Waals surface area contributed by atoms with Gasteiger partial charge in [-0.1, -0.05) is 0 Å². The van der Waals surface area contributed by atoms with Crippen LogP contribution in [-0.4, -0.2) is 52.2 Å². The number of aromatic nitrogens is 3. The molecule has 124 valence electrons. The summed E-state index contributed by atoms with van der Waals surface area (Å²) in [5, 5.41) is 8.62. The first kappa shape index (κ1) is 14.9. The lowest BCUT2D eigenvalue weighted by Gasteiger charge is -2.44. The molecule has 0 radical (unpaired) electrons. The predicted octanol–water partition coefficient (Wildman–Crippen LogP) is 0.614. The lowest BCUT2D eigenvalue weighted by Crippen LogP contribution is -2.60. The molecule has 0 atom stereocenters. The van der Waals surface area contributed by atoms with Crippen LogP contribution in [0.25, 0.3) is 0 Å². The minimum Gasteiger partial charge on any atom is -0.351 e. The summed E-state index contributed by atoms with van der Waals surface area (Å²) in [6.45, 7) is 1.47. The molecule has 24 heavy (non-hydrogen) atoms. The average molecular weight is 325 g/mol. The maximum absolute atomic E-state index is 12.5. The Hall–Kier alpha value is -2.70. The van der Waals surface area contributed by atoms with Crippen LogP contribution in [0.4, 0.5) is 5.82 Å². The average Bonchev–Trinajstić information content (AvgIpc) is 3.00. The van der Waals surface area contributed by atoms with E-state index in [-0.39, 0.29) is 17.5 Å². The van der Waals surface area contributed by atoms with E-state index in [4.69, 9.17) is 0 Å². The first-order valence-electron chi connectivity index (χ1n) is 8.18. The van der Waals surface area contributed by atoms with Crippen molar-refractivity contribution in [2.75, 3.05) is 25.0 Å². The van der Waals surface area contributed by atoms with Crippen LogP contribution in [-0.2, 0) is 12.8 Å². The quantitative estimate of drug-likeness (QED) is 0.894. The molecule has 0 saturated carbocycles. The van der Waals surface area contributed by atoms with Crippen molar-refractivity contribution in [3.05, 3.63) is 51.6 Å². The number of carbonyl (C=O) groups is 1. The van der Waals surface area contributed by atoms with Crippen molar-refractivity contribution < 1.29 is 4.79 Å². The monoisotopic (exact) mass is 325 g/mol. The van der Waals surface area contributed by atoms with Crippen molar-refractivity contribution in [2.45, 2.75) is 25.3 Å². The molecule has 1 N–H and O–H groups in total. The topological polar surface area (TPSA) is 82.2 Å². The van der Waals surface area contributed by atoms with Crippen molar-refractivity contribution in [2.24, 2.45) is 0 Å². The van der Waals surface area contributed by atoms with Crippen LogP contribution in [0.5, 0.6) is 0 Å². The van der Waals surface area contributed by atoms with E-state index in [0.717, 1.165) is 43.9 Å². The molecule has 2 aliphatic rings. The second kappa shape index (κ2) is 5.74. The van der Waals surface area contributed by atoms with Crippen LogP contribution in [0.2, 0.25) is 0 Å². The normalized spacial score (nSPS) is 16.6. The molecule has 1 amide bonds. The van der Waals surface area contributed by atoms with Gasteiger partial charge in [0.2, 0.25) is 5.56 Å². The fraction of sp³-hybridized carbons (Fsp3) is 0.412. The highest BCUT2D eigenvalue weighted by molar-refractivity contribution is 5.94. The Kier molecular flexibility index (Phi) is 3.55. The second-order valence-corrected chi connectivity index (χ2v) is 6.44. The number of H-pyrrole nitrogens is 1. The fourth-order valence-electron chi connectivity index (χ4n) is 3.31. The molecule has 1 aliphatic heterocycles. The number of aromatic amines is 1. The Morgan fingerprint density at radius 3 is 2.92 bits per heavy atom. The van der Waals surface area contributed by atoms with Gasteiger partial charge in [-0.2, -0.15) is 5.10 Å². The smallest absolute Gasteiger partial charge is 0.254 e. The summed E-state index contributed by atoms with van der Waals surface area (Å²) < 4.78 is 0. The van der Waals surface area contributed by atoms with Crippen molar-refractivity contribution in [1.82, 2.24) is 20.1 Å². The summed E-state index contributed by atoms with van der Waals surface area (Å²) in [6, 6.07) is 5.21. The highest BCUT2D eigenvalue weighted by Gasteiger charge is 2.34. The highest BCUT2D eigenvalue weighted by atomic mass is 16.2. The summed E-state index contributed by atoms with van der Waals surface area (Å²) in [6.07, 6.45) is 4.76. The van der Waals surface area contributed by atoms with Gasteiger partial charge >= 0.3 is 0 Å². The van der Waals surface area contributed by atoms with E-state index in [9.17, 15) is 9.59 Å². The molecule has 7 nitrogen and oxygen atoms in total. The van der Waals surface area contributed by atoms with E-state index in [1.165, 1.54) is 17.8 Å². The first-order chi connectivity index (χ1) is 11.6. The third-order valence-corrected chi connectivity index (χ3v) is 4.88. The molecular weight excluding hydrogens is 306 g/mol. The largest absolute Gasteiger partial charge is 0.351 e. The van der Waals surface area contributed by atoms with Crippen LogP contribution in [0.3, 0.4) is 0 Å². The van der Waals surface area contributed by atoms with Gasteiger partial charge in [0.05, 0.1) is 11.7 Å². The molecule has 7 heteroatoms. The molecule has 0 spiro atoms. The maximum Gasteiger partial charge on any atom is 0.254 e. The van der Waals surface area contributed by atoms with Crippen LogP contribution in [0, 0.1) is 0 Å². The number of aryl methyl sites for hydroxylation is 2. The van der Waals surface area contributed by atoms with Gasteiger partial charge in [0, 0.05) is 38.0 Å². The van der Waals surface area contributed by atoms with Crippen LogP contribution in [0.1, 0.15) is 28.0 Å².